The average Bonchev–Trinajstić information content (AvgIpc) is 2.91. The molecule has 37 heavy (non-hydrogen) atoms. The highest BCUT2D eigenvalue weighted by Crippen LogP contribution is 2.40. The number of carboxylic acid groups (broad SMARTS) is 1. The SMILES string of the molecule is COc1cc(-c2ccc([C@H]3CCc4ccc([C@H](O)[C@H](C)C(=O)O)cc4O3)cc2C(C)N(C)C)c(F)cn1. The van der Waals surface area contributed by atoms with Crippen LogP contribution in [0.25, 0.3) is 11.1 Å². The molecule has 1 aliphatic rings. The number of fused-ring (bicyclic) bond motifs is 1. The summed E-state index contributed by atoms with van der Waals surface area (Å²) in [5.74, 6) is -1.44. The van der Waals surface area contributed by atoms with Crippen LogP contribution in [-0.4, -0.2) is 47.3 Å². The van der Waals surface area contributed by atoms with E-state index in [0.29, 0.717) is 22.8 Å². The van der Waals surface area contributed by atoms with Gasteiger partial charge in [0, 0.05) is 17.7 Å². The van der Waals surface area contributed by atoms with E-state index >= 15 is 0 Å². The second-order valence-electron chi connectivity index (χ2n) is 9.78. The lowest BCUT2D eigenvalue weighted by Gasteiger charge is -2.30. The van der Waals surface area contributed by atoms with Crippen molar-refractivity contribution in [1.82, 2.24) is 9.88 Å². The Morgan fingerprint density at radius 3 is 2.59 bits per heavy atom. The van der Waals surface area contributed by atoms with Gasteiger partial charge in [-0.05, 0) is 80.7 Å². The number of aromatic nitrogens is 1. The normalized spacial score (nSPS) is 17.5. The number of hydrogen-bond donors (Lipinski definition) is 2. The Balaban J connectivity index is 1.70. The quantitative estimate of drug-likeness (QED) is 0.424. The van der Waals surface area contributed by atoms with Gasteiger partial charge in [0.05, 0.1) is 25.3 Å². The highest BCUT2D eigenvalue weighted by atomic mass is 19.1. The van der Waals surface area contributed by atoms with Crippen molar-refractivity contribution in [3.8, 4) is 22.8 Å². The van der Waals surface area contributed by atoms with Crippen LogP contribution in [-0.2, 0) is 11.2 Å². The molecular weight excluding hydrogens is 475 g/mol. The van der Waals surface area contributed by atoms with Crippen molar-refractivity contribution in [3.05, 3.63) is 76.7 Å². The number of aliphatic hydroxyl groups is 1. The number of methoxy groups -OCH3 is 1. The summed E-state index contributed by atoms with van der Waals surface area (Å²) in [5.41, 5.74) is 4.61. The van der Waals surface area contributed by atoms with E-state index in [9.17, 15) is 19.4 Å². The molecule has 2 N–H and O–H groups in total. The molecule has 3 aromatic rings. The van der Waals surface area contributed by atoms with E-state index < -0.39 is 23.8 Å². The lowest BCUT2D eigenvalue weighted by Crippen LogP contribution is -2.20. The van der Waals surface area contributed by atoms with Gasteiger partial charge in [-0.2, -0.15) is 0 Å². The third-order valence-electron chi connectivity index (χ3n) is 7.24. The maximum Gasteiger partial charge on any atom is 0.309 e. The van der Waals surface area contributed by atoms with Crippen LogP contribution in [0.3, 0.4) is 0 Å². The Hall–Kier alpha value is -3.49. The summed E-state index contributed by atoms with van der Waals surface area (Å²) in [6.45, 7) is 3.54. The largest absolute Gasteiger partial charge is 0.485 e. The summed E-state index contributed by atoms with van der Waals surface area (Å²) < 4.78 is 26.5. The Labute approximate surface area is 216 Å². The zero-order chi connectivity index (χ0) is 26.9. The van der Waals surface area contributed by atoms with E-state index in [1.165, 1.54) is 20.2 Å². The van der Waals surface area contributed by atoms with Crippen molar-refractivity contribution in [2.24, 2.45) is 5.92 Å². The molecular formula is C29H33FN2O5. The number of aliphatic carboxylic acids is 1. The fourth-order valence-electron chi connectivity index (χ4n) is 4.62. The number of halogens is 1. The van der Waals surface area contributed by atoms with Gasteiger partial charge in [0.15, 0.2) is 0 Å². The fourth-order valence-corrected chi connectivity index (χ4v) is 4.62. The molecule has 0 amide bonds. The van der Waals surface area contributed by atoms with Crippen LogP contribution in [0.1, 0.15) is 60.8 Å². The number of carbonyl (C=O) groups is 1. The number of aliphatic hydroxyl groups excluding tert-OH is 1. The van der Waals surface area contributed by atoms with E-state index in [1.807, 2.05) is 32.3 Å². The van der Waals surface area contributed by atoms with Crippen molar-refractivity contribution in [2.45, 2.75) is 44.9 Å². The van der Waals surface area contributed by atoms with Crippen molar-refractivity contribution in [3.63, 3.8) is 0 Å². The molecule has 1 aliphatic heterocycles. The molecule has 4 atom stereocenters. The number of pyridine rings is 1. The minimum Gasteiger partial charge on any atom is -0.485 e. The van der Waals surface area contributed by atoms with Crippen LogP contribution in [0.15, 0.2) is 48.7 Å². The van der Waals surface area contributed by atoms with Crippen molar-refractivity contribution >= 4 is 5.97 Å². The predicted molar refractivity (Wildman–Crippen MR) is 138 cm³/mol. The third-order valence-corrected chi connectivity index (χ3v) is 7.24. The minimum absolute atomic E-state index is 0.0105. The summed E-state index contributed by atoms with van der Waals surface area (Å²) in [6, 6.07) is 12.9. The second-order valence-corrected chi connectivity index (χ2v) is 9.78. The number of benzene rings is 2. The lowest BCUT2D eigenvalue weighted by molar-refractivity contribution is -0.145. The first-order valence-electron chi connectivity index (χ1n) is 12.3. The molecule has 4 rings (SSSR count). The van der Waals surface area contributed by atoms with Crippen LogP contribution in [0, 0.1) is 11.7 Å². The third kappa shape index (κ3) is 5.45. The molecule has 0 radical (unpaired) electrons. The van der Waals surface area contributed by atoms with E-state index in [0.717, 1.165) is 35.1 Å². The molecule has 0 bridgehead atoms. The Morgan fingerprint density at radius 1 is 1.16 bits per heavy atom. The predicted octanol–water partition coefficient (Wildman–Crippen LogP) is 5.34. The number of nitrogens with zero attached hydrogens (tertiary/aromatic N) is 2. The molecule has 0 fully saturated rings. The molecule has 1 aromatic heterocycles. The van der Waals surface area contributed by atoms with Gasteiger partial charge < -0.3 is 24.6 Å². The molecule has 196 valence electrons. The second kappa shape index (κ2) is 10.9. The van der Waals surface area contributed by atoms with Crippen molar-refractivity contribution < 1.29 is 28.9 Å². The van der Waals surface area contributed by atoms with E-state index in [2.05, 4.69) is 22.9 Å². The van der Waals surface area contributed by atoms with Crippen LogP contribution in [0.2, 0.25) is 0 Å². The average molecular weight is 509 g/mol. The zero-order valence-electron chi connectivity index (χ0n) is 21.7. The summed E-state index contributed by atoms with van der Waals surface area (Å²) in [7, 11) is 5.45. The van der Waals surface area contributed by atoms with E-state index in [4.69, 9.17) is 9.47 Å². The first-order valence-corrected chi connectivity index (χ1v) is 12.3. The van der Waals surface area contributed by atoms with Gasteiger partial charge in [-0.3, -0.25) is 4.79 Å². The van der Waals surface area contributed by atoms with Crippen LogP contribution in [0.4, 0.5) is 4.39 Å². The fraction of sp³-hybridized carbons (Fsp3) is 0.379. The van der Waals surface area contributed by atoms with Gasteiger partial charge in [-0.1, -0.05) is 24.3 Å². The van der Waals surface area contributed by atoms with Crippen molar-refractivity contribution in [2.75, 3.05) is 21.2 Å². The standard InChI is InChI=1S/C29H33FN2O5/c1-16(29(34)35)28(33)20-7-6-18-9-11-25(37-26(18)13-20)19-8-10-21(22(12-19)17(2)32(3)4)23-14-27(36-5)31-15-24(23)30/h6-8,10,12-17,25,28,33H,9,11H2,1-5H3,(H,34,35)/t16-,17?,25+,28+/m0/s1. The first-order chi connectivity index (χ1) is 17.6. The van der Waals surface area contributed by atoms with Gasteiger partial charge in [0.1, 0.15) is 17.7 Å². The van der Waals surface area contributed by atoms with E-state index in [-0.39, 0.29) is 12.1 Å². The minimum atomic E-state index is -1.13. The van der Waals surface area contributed by atoms with Crippen LogP contribution < -0.4 is 9.47 Å². The molecule has 2 aromatic carbocycles. The molecule has 7 nitrogen and oxygen atoms in total. The van der Waals surface area contributed by atoms with Gasteiger partial charge >= 0.3 is 5.97 Å². The van der Waals surface area contributed by atoms with Gasteiger partial charge in [0.2, 0.25) is 5.88 Å². The maximum atomic E-state index is 14.9. The Morgan fingerprint density at radius 2 is 1.92 bits per heavy atom. The number of hydrogen-bond acceptors (Lipinski definition) is 6. The Kier molecular flexibility index (Phi) is 7.80. The van der Waals surface area contributed by atoms with E-state index in [1.54, 1.807) is 18.2 Å². The molecule has 2 heterocycles. The van der Waals surface area contributed by atoms with Crippen molar-refractivity contribution in [1.29, 1.82) is 0 Å². The number of rotatable bonds is 8. The monoisotopic (exact) mass is 508 g/mol. The molecule has 0 spiro atoms. The maximum absolute atomic E-state index is 14.9. The summed E-state index contributed by atoms with van der Waals surface area (Å²) in [5, 5.41) is 19.8. The Bertz CT molecular complexity index is 1300. The molecule has 1 unspecified atom stereocenters. The van der Waals surface area contributed by atoms with Gasteiger partial charge in [-0.15, -0.1) is 0 Å². The number of aryl methyl sites for hydroxylation is 1. The topological polar surface area (TPSA) is 92.1 Å². The highest BCUT2D eigenvalue weighted by Gasteiger charge is 2.27. The van der Waals surface area contributed by atoms with Gasteiger partial charge in [-0.25, -0.2) is 9.37 Å². The highest BCUT2D eigenvalue weighted by molar-refractivity contribution is 5.71. The molecule has 0 aliphatic carbocycles. The summed E-state index contributed by atoms with van der Waals surface area (Å²) >= 11 is 0. The van der Waals surface area contributed by atoms with Crippen LogP contribution in [0.5, 0.6) is 11.6 Å². The zero-order valence-corrected chi connectivity index (χ0v) is 21.7. The summed E-state index contributed by atoms with van der Waals surface area (Å²) in [6.07, 6.45) is 1.33. The molecule has 8 heteroatoms. The lowest BCUT2D eigenvalue weighted by atomic mass is 9.89. The molecule has 0 saturated carbocycles. The first kappa shape index (κ1) is 26.6. The van der Waals surface area contributed by atoms with Crippen LogP contribution >= 0.6 is 0 Å². The molecule has 0 saturated heterocycles. The number of ether oxygens (including phenoxy) is 2. The number of carboxylic acids is 1. The summed E-state index contributed by atoms with van der Waals surface area (Å²) in [4.78, 5) is 17.4. The smallest absolute Gasteiger partial charge is 0.309 e. The van der Waals surface area contributed by atoms with Gasteiger partial charge in [0.25, 0.3) is 0 Å².